The summed E-state index contributed by atoms with van der Waals surface area (Å²) in [5.41, 5.74) is 2.48. The Bertz CT molecular complexity index is 1430. The van der Waals surface area contributed by atoms with Gasteiger partial charge in [-0.25, -0.2) is 9.79 Å². The van der Waals surface area contributed by atoms with Gasteiger partial charge in [-0.2, -0.15) is 0 Å². The molecule has 10 nitrogen and oxygen atoms in total. The van der Waals surface area contributed by atoms with Crippen LogP contribution in [0.4, 0.5) is 0 Å². The fraction of sp³-hybridized carbons (Fsp3) is 0.355. The maximum Gasteiger partial charge on any atom is 0.338 e. The van der Waals surface area contributed by atoms with Crippen molar-refractivity contribution in [3.63, 3.8) is 0 Å². The lowest BCUT2D eigenvalue weighted by atomic mass is 9.93. The second-order valence-corrected chi connectivity index (χ2v) is 10.9. The highest BCUT2D eigenvalue weighted by atomic mass is 32.2. The molecule has 42 heavy (non-hydrogen) atoms. The number of rotatable bonds is 9. The molecule has 2 amide bonds. The molecule has 1 saturated heterocycles. The molecule has 0 aliphatic carbocycles. The minimum Gasteiger partial charge on any atom is -0.460 e. The first-order valence-electron chi connectivity index (χ1n) is 13.8. The van der Waals surface area contributed by atoms with Crippen LogP contribution < -0.4 is 4.74 Å². The molecule has 0 unspecified atom stereocenters. The molecule has 11 heteroatoms. The SMILES string of the molecule is COCCOC(=O)C1=C(C)N=C2SC=C(CC(=O)N3CCN(C(C)=O)CC3)N2[C@H]1c1cccc(Oc2ccccc2)c1. The number of hydrogen-bond donors (Lipinski definition) is 0. The van der Waals surface area contributed by atoms with Gasteiger partial charge in [0.05, 0.1) is 30.3 Å². The summed E-state index contributed by atoms with van der Waals surface area (Å²) in [6, 6.07) is 16.5. The molecule has 0 saturated carbocycles. The van der Waals surface area contributed by atoms with E-state index in [-0.39, 0.29) is 31.4 Å². The van der Waals surface area contributed by atoms with Gasteiger partial charge >= 0.3 is 5.97 Å². The van der Waals surface area contributed by atoms with Crippen molar-refractivity contribution in [3.8, 4) is 11.5 Å². The van der Waals surface area contributed by atoms with Crippen LogP contribution in [-0.4, -0.2) is 84.2 Å². The van der Waals surface area contributed by atoms with Crippen LogP contribution in [0, 0.1) is 0 Å². The number of piperazine rings is 1. The Morgan fingerprint density at radius 2 is 1.67 bits per heavy atom. The molecule has 2 aromatic carbocycles. The Hall–Kier alpha value is -4.09. The van der Waals surface area contributed by atoms with Gasteiger partial charge in [0.1, 0.15) is 18.1 Å². The standard InChI is InChI=1S/C31H34N4O6S/c1-21-28(30(38)40-17-16-39-3)29(23-8-7-11-26(18-23)41-25-9-5-4-6-10-25)35-24(20-42-31(35)32-21)19-27(37)34-14-12-33(13-15-34)22(2)36/h4-11,18,20,29H,12-17,19H2,1-3H3/t29-/m0/s1. The zero-order valence-electron chi connectivity index (χ0n) is 23.9. The first kappa shape index (κ1) is 29.4. The van der Waals surface area contributed by atoms with E-state index in [0.717, 1.165) is 11.3 Å². The number of fused-ring (bicyclic) bond motifs is 1. The number of nitrogens with zero attached hydrogens (tertiary/aromatic N) is 4. The van der Waals surface area contributed by atoms with Crippen LogP contribution in [0.3, 0.4) is 0 Å². The van der Waals surface area contributed by atoms with Gasteiger partial charge in [0.2, 0.25) is 11.8 Å². The van der Waals surface area contributed by atoms with E-state index < -0.39 is 12.0 Å². The predicted molar refractivity (Wildman–Crippen MR) is 160 cm³/mol. The number of esters is 1. The molecule has 1 atom stereocenters. The number of thioether (sulfide) groups is 1. The average molecular weight is 591 g/mol. The van der Waals surface area contributed by atoms with Gasteiger partial charge in [-0.15, -0.1) is 0 Å². The third kappa shape index (κ3) is 6.52. The number of methoxy groups -OCH3 is 1. The molecule has 3 aliphatic rings. The zero-order valence-corrected chi connectivity index (χ0v) is 24.8. The number of amides is 2. The Morgan fingerprint density at radius 1 is 0.952 bits per heavy atom. The lowest BCUT2D eigenvalue weighted by Gasteiger charge is -2.38. The van der Waals surface area contributed by atoms with Crippen LogP contribution in [-0.2, 0) is 23.9 Å². The van der Waals surface area contributed by atoms with Crippen molar-refractivity contribution in [1.29, 1.82) is 0 Å². The second-order valence-electron chi connectivity index (χ2n) is 10.1. The van der Waals surface area contributed by atoms with Gasteiger partial charge in [0.15, 0.2) is 5.17 Å². The summed E-state index contributed by atoms with van der Waals surface area (Å²) in [5.74, 6) is 0.791. The van der Waals surface area contributed by atoms with E-state index >= 15 is 0 Å². The second kappa shape index (κ2) is 13.3. The molecule has 1 fully saturated rings. The summed E-state index contributed by atoms with van der Waals surface area (Å²) < 4.78 is 16.8. The van der Waals surface area contributed by atoms with Gasteiger partial charge in [0, 0.05) is 45.9 Å². The molecular weight excluding hydrogens is 556 g/mol. The molecule has 220 valence electrons. The van der Waals surface area contributed by atoms with Gasteiger partial charge in [0.25, 0.3) is 0 Å². The fourth-order valence-electron chi connectivity index (χ4n) is 5.15. The third-order valence-electron chi connectivity index (χ3n) is 7.30. The Labute approximate surface area is 249 Å². The highest BCUT2D eigenvalue weighted by Gasteiger charge is 2.41. The van der Waals surface area contributed by atoms with Gasteiger partial charge in [-0.3, -0.25) is 9.59 Å². The highest BCUT2D eigenvalue weighted by Crippen LogP contribution is 2.45. The Balaban J connectivity index is 1.44. The molecule has 0 N–H and O–H groups in total. The number of aliphatic imine (C=N–C) groups is 1. The first-order chi connectivity index (χ1) is 20.4. The minimum absolute atomic E-state index is 0.0135. The largest absolute Gasteiger partial charge is 0.460 e. The van der Waals surface area contributed by atoms with Crippen LogP contribution in [0.2, 0.25) is 0 Å². The maximum atomic E-state index is 13.5. The number of amidine groups is 1. The summed E-state index contributed by atoms with van der Waals surface area (Å²) in [7, 11) is 1.55. The summed E-state index contributed by atoms with van der Waals surface area (Å²) >= 11 is 1.42. The molecule has 0 spiro atoms. The average Bonchev–Trinajstić information content (AvgIpc) is 3.38. The first-order valence-corrected chi connectivity index (χ1v) is 14.7. The molecule has 0 radical (unpaired) electrons. The van der Waals surface area contributed by atoms with Crippen molar-refractivity contribution < 1.29 is 28.6 Å². The number of para-hydroxylation sites is 1. The number of ether oxygens (including phenoxy) is 3. The number of allylic oxidation sites excluding steroid dienone is 1. The molecule has 3 heterocycles. The van der Waals surface area contributed by atoms with Crippen molar-refractivity contribution in [2.45, 2.75) is 26.3 Å². The van der Waals surface area contributed by atoms with Crippen molar-refractivity contribution in [1.82, 2.24) is 14.7 Å². The maximum absolute atomic E-state index is 13.5. The highest BCUT2D eigenvalue weighted by molar-refractivity contribution is 8.16. The van der Waals surface area contributed by atoms with E-state index in [1.165, 1.54) is 11.8 Å². The van der Waals surface area contributed by atoms with Crippen molar-refractivity contribution in [2.75, 3.05) is 46.5 Å². The van der Waals surface area contributed by atoms with Crippen LogP contribution in [0.5, 0.6) is 11.5 Å². The van der Waals surface area contributed by atoms with Crippen LogP contribution >= 0.6 is 11.8 Å². The molecule has 0 aromatic heterocycles. The third-order valence-corrected chi connectivity index (χ3v) is 8.19. The van der Waals surface area contributed by atoms with Gasteiger partial charge in [-0.05, 0) is 42.2 Å². The molecule has 2 aromatic rings. The van der Waals surface area contributed by atoms with E-state index in [4.69, 9.17) is 19.2 Å². The van der Waals surface area contributed by atoms with Crippen LogP contribution in [0.25, 0.3) is 0 Å². The van der Waals surface area contributed by atoms with Crippen LogP contribution in [0.1, 0.15) is 31.9 Å². The summed E-state index contributed by atoms with van der Waals surface area (Å²) in [6.07, 6.45) is 0.133. The number of benzene rings is 2. The normalized spacial score (nSPS) is 18.4. The topological polar surface area (TPSA) is 101 Å². The fourth-order valence-corrected chi connectivity index (χ4v) is 6.12. The lowest BCUT2D eigenvalue weighted by molar-refractivity contribution is -0.141. The zero-order chi connectivity index (χ0) is 29.6. The number of hydrogen-bond acceptors (Lipinski definition) is 9. The number of carbonyl (C=O) groups is 3. The Kier molecular flexibility index (Phi) is 9.28. The van der Waals surface area contributed by atoms with Crippen molar-refractivity contribution >= 4 is 34.7 Å². The summed E-state index contributed by atoms with van der Waals surface area (Å²) in [4.78, 5) is 48.9. The summed E-state index contributed by atoms with van der Waals surface area (Å²) in [5, 5.41) is 2.61. The van der Waals surface area contributed by atoms with E-state index in [1.807, 2.05) is 64.9 Å². The molecular formula is C31H34N4O6S. The van der Waals surface area contributed by atoms with E-state index in [1.54, 1.807) is 30.8 Å². The number of carbonyl (C=O) groups excluding carboxylic acids is 3. The molecule has 3 aliphatic heterocycles. The Morgan fingerprint density at radius 3 is 2.38 bits per heavy atom. The van der Waals surface area contributed by atoms with E-state index in [9.17, 15) is 14.4 Å². The smallest absolute Gasteiger partial charge is 0.338 e. The van der Waals surface area contributed by atoms with Crippen molar-refractivity contribution in [3.05, 3.63) is 82.5 Å². The quantitative estimate of drug-likeness (QED) is 0.315. The molecule has 5 rings (SSSR count). The minimum atomic E-state index is -0.588. The predicted octanol–water partition coefficient (Wildman–Crippen LogP) is 4.32. The summed E-state index contributed by atoms with van der Waals surface area (Å²) in [6.45, 7) is 5.72. The monoisotopic (exact) mass is 590 g/mol. The van der Waals surface area contributed by atoms with E-state index in [2.05, 4.69) is 0 Å². The van der Waals surface area contributed by atoms with Gasteiger partial charge in [-0.1, -0.05) is 42.1 Å². The lowest BCUT2D eigenvalue weighted by Crippen LogP contribution is -2.50. The van der Waals surface area contributed by atoms with Crippen LogP contribution in [0.15, 0.2) is 82.0 Å². The van der Waals surface area contributed by atoms with Gasteiger partial charge < -0.3 is 28.9 Å². The van der Waals surface area contributed by atoms with Crippen molar-refractivity contribution in [2.24, 2.45) is 4.99 Å². The van der Waals surface area contributed by atoms with E-state index in [0.29, 0.717) is 54.1 Å². The molecule has 0 bridgehead atoms.